The number of nitrogen functional groups attached to an aromatic ring is 1. The van der Waals surface area contributed by atoms with E-state index in [2.05, 4.69) is 20.2 Å². The number of anilines is 2. The van der Waals surface area contributed by atoms with Crippen LogP contribution in [0.25, 0.3) is 11.3 Å². The van der Waals surface area contributed by atoms with Crippen LogP contribution in [0.1, 0.15) is 15.9 Å². The summed E-state index contributed by atoms with van der Waals surface area (Å²) in [6.07, 6.45) is 0. The van der Waals surface area contributed by atoms with E-state index in [4.69, 9.17) is 44.1 Å². The third-order valence-electron chi connectivity index (χ3n) is 6.78. The van der Waals surface area contributed by atoms with E-state index in [1.165, 1.54) is 14.2 Å². The number of halogens is 2. The highest BCUT2D eigenvalue weighted by atomic mass is 35.5. The fraction of sp³-hybridized carbons (Fsp3) is 0.269. The molecular formula is C26H26Cl2N6O3. The van der Waals surface area contributed by atoms with Gasteiger partial charge in [0.25, 0.3) is 5.91 Å². The number of nitrogens with one attached hydrogen (secondary N) is 1. The van der Waals surface area contributed by atoms with Crippen LogP contribution in [0.5, 0.6) is 11.5 Å². The molecule has 1 amide bonds. The van der Waals surface area contributed by atoms with Gasteiger partial charge in [-0.25, -0.2) is 4.98 Å². The fourth-order valence-corrected chi connectivity index (χ4v) is 5.33. The SMILES string of the molecule is COc1cc(OC)c(Cl)c(-c2ccc(C(N)=NC(=O)c3ccc(N4CC5(CNC5)C4)cc3)c(N)n2)c1Cl. The molecule has 2 saturated heterocycles. The first-order valence-corrected chi connectivity index (χ1v) is 12.3. The summed E-state index contributed by atoms with van der Waals surface area (Å²) < 4.78 is 10.6. The quantitative estimate of drug-likeness (QED) is 0.319. The van der Waals surface area contributed by atoms with Gasteiger partial charge in [0.2, 0.25) is 0 Å². The van der Waals surface area contributed by atoms with Crippen molar-refractivity contribution in [3.63, 3.8) is 0 Å². The molecule has 5 N–H and O–H groups in total. The van der Waals surface area contributed by atoms with Gasteiger partial charge in [0.1, 0.15) is 23.2 Å². The monoisotopic (exact) mass is 540 g/mol. The summed E-state index contributed by atoms with van der Waals surface area (Å²) in [6.45, 7) is 4.20. The van der Waals surface area contributed by atoms with E-state index in [-0.39, 0.29) is 21.7 Å². The first kappa shape index (κ1) is 25.1. The Kier molecular flexibility index (Phi) is 6.61. The number of carbonyl (C=O) groups excluding carboxylic acids is 1. The summed E-state index contributed by atoms with van der Waals surface area (Å²) in [7, 11) is 2.97. The highest BCUT2D eigenvalue weighted by Crippen LogP contribution is 2.45. The molecule has 9 nitrogen and oxygen atoms in total. The molecule has 2 aliphatic heterocycles. The number of nitrogens with two attached hydrogens (primary N) is 2. The highest BCUT2D eigenvalue weighted by molar-refractivity contribution is 6.41. The number of amidine groups is 1. The summed E-state index contributed by atoms with van der Waals surface area (Å²) in [6, 6.07) is 12.2. The Balaban J connectivity index is 1.35. The number of rotatable bonds is 6. The van der Waals surface area contributed by atoms with Crippen LogP contribution in [0, 0.1) is 5.41 Å². The van der Waals surface area contributed by atoms with E-state index in [1.54, 1.807) is 30.3 Å². The van der Waals surface area contributed by atoms with E-state index in [1.807, 2.05) is 12.1 Å². The second-order valence-corrected chi connectivity index (χ2v) is 9.98. The number of amides is 1. The van der Waals surface area contributed by atoms with E-state index < -0.39 is 5.91 Å². The van der Waals surface area contributed by atoms with Gasteiger partial charge in [-0.05, 0) is 36.4 Å². The zero-order valence-electron chi connectivity index (χ0n) is 20.3. The topological polar surface area (TPSA) is 128 Å². The third kappa shape index (κ3) is 4.54. The molecule has 0 aliphatic carbocycles. The molecule has 11 heteroatoms. The molecule has 0 saturated carbocycles. The number of aliphatic imine (C=N–C) groups is 1. The van der Waals surface area contributed by atoms with Gasteiger partial charge in [0.05, 0.1) is 35.5 Å². The Hall–Kier alpha value is -3.53. The second-order valence-electron chi connectivity index (χ2n) is 9.22. The minimum absolute atomic E-state index is 0.0480. The predicted octanol–water partition coefficient (Wildman–Crippen LogP) is 3.61. The molecule has 0 bridgehead atoms. The van der Waals surface area contributed by atoms with Gasteiger partial charge in [-0.1, -0.05) is 23.2 Å². The van der Waals surface area contributed by atoms with E-state index in [0.29, 0.717) is 39.3 Å². The van der Waals surface area contributed by atoms with E-state index >= 15 is 0 Å². The Labute approximate surface area is 224 Å². The number of pyridine rings is 1. The maximum atomic E-state index is 12.8. The minimum Gasteiger partial charge on any atom is -0.495 e. The summed E-state index contributed by atoms with van der Waals surface area (Å²) in [4.78, 5) is 23.5. The molecule has 5 rings (SSSR count). The predicted molar refractivity (Wildman–Crippen MR) is 146 cm³/mol. The van der Waals surface area contributed by atoms with Gasteiger partial charge in [-0.3, -0.25) is 4.79 Å². The first-order valence-electron chi connectivity index (χ1n) is 11.6. The number of ether oxygens (including phenoxy) is 2. The largest absolute Gasteiger partial charge is 0.495 e. The zero-order valence-corrected chi connectivity index (χ0v) is 21.9. The van der Waals surface area contributed by atoms with Crippen molar-refractivity contribution in [2.24, 2.45) is 16.1 Å². The van der Waals surface area contributed by atoms with Gasteiger partial charge >= 0.3 is 0 Å². The Morgan fingerprint density at radius 1 is 1.05 bits per heavy atom. The Bertz CT molecular complexity index is 1370. The molecule has 1 aromatic heterocycles. The average molecular weight is 541 g/mol. The minimum atomic E-state index is -0.473. The smallest absolute Gasteiger partial charge is 0.278 e. The second kappa shape index (κ2) is 9.74. The normalized spacial score (nSPS) is 16.2. The first-order chi connectivity index (χ1) is 17.7. The lowest BCUT2D eigenvalue weighted by Crippen LogP contribution is -2.71. The van der Waals surface area contributed by atoms with Crippen LogP contribution in [0.15, 0.2) is 47.5 Å². The van der Waals surface area contributed by atoms with Crippen LogP contribution in [-0.4, -0.2) is 57.1 Å². The number of methoxy groups -OCH3 is 2. The van der Waals surface area contributed by atoms with Crippen LogP contribution >= 0.6 is 23.2 Å². The molecule has 3 aromatic rings. The summed E-state index contributed by atoms with van der Waals surface area (Å²) in [5.74, 6) is 0.281. The Morgan fingerprint density at radius 3 is 2.19 bits per heavy atom. The molecule has 2 fully saturated rings. The number of benzene rings is 2. The molecule has 2 aromatic carbocycles. The van der Waals surface area contributed by atoms with Crippen LogP contribution in [-0.2, 0) is 0 Å². The van der Waals surface area contributed by atoms with Crippen LogP contribution in [0.4, 0.5) is 11.5 Å². The van der Waals surface area contributed by atoms with Gasteiger partial charge in [0, 0.05) is 54.5 Å². The number of aromatic nitrogens is 1. The molecule has 0 radical (unpaired) electrons. The van der Waals surface area contributed by atoms with Crippen molar-refractivity contribution < 1.29 is 14.3 Å². The van der Waals surface area contributed by atoms with Crippen molar-refractivity contribution in [3.8, 4) is 22.8 Å². The lowest BCUT2D eigenvalue weighted by atomic mass is 9.74. The average Bonchev–Trinajstić information content (AvgIpc) is 2.83. The van der Waals surface area contributed by atoms with Crippen LogP contribution in [0.2, 0.25) is 10.0 Å². The van der Waals surface area contributed by atoms with Crippen molar-refractivity contribution in [1.29, 1.82) is 0 Å². The van der Waals surface area contributed by atoms with Crippen molar-refractivity contribution in [3.05, 3.63) is 63.6 Å². The molecule has 0 atom stereocenters. The summed E-state index contributed by atoms with van der Waals surface area (Å²) in [5, 5.41) is 3.84. The van der Waals surface area contributed by atoms with Gasteiger partial charge in [-0.15, -0.1) is 0 Å². The highest BCUT2D eigenvalue weighted by Gasteiger charge is 2.47. The van der Waals surface area contributed by atoms with Crippen LogP contribution in [0.3, 0.4) is 0 Å². The number of hydrogen-bond acceptors (Lipinski definition) is 7. The lowest BCUT2D eigenvalue weighted by molar-refractivity contribution is 0.100. The van der Waals surface area contributed by atoms with Crippen molar-refractivity contribution >= 4 is 46.4 Å². The Morgan fingerprint density at radius 2 is 1.68 bits per heavy atom. The van der Waals surface area contributed by atoms with Crippen molar-refractivity contribution in [1.82, 2.24) is 10.3 Å². The molecule has 3 heterocycles. The number of nitrogens with zero attached hydrogens (tertiary/aromatic N) is 3. The van der Waals surface area contributed by atoms with Gasteiger partial charge in [-0.2, -0.15) is 4.99 Å². The summed E-state index contributed by atoms with van der Waals surface area (Å²) >= 11 is 13.0. The maximum absolute atomic E-state index is 12.8. The number of hydrogen-bond donors (Lipinski definition) is 3. The maximum Gasteiger partial charge on any atom is 0.278 e. The molecule has 0 unspecified atom stereocenters. The summed E-state index contributed by atoms with van der Waals surface area (Å²) in [5.41, 5.74) is 15.4. The zero-order chi connectivity index (χ0) is 26.3. The molecule has 192 valence electrons. The van der Waals surface area contributed by atoms with Gasteiger partial charge < -0.3 is 31.2 Å². The number of carbonyl (C=O) groups is 1. The molecular weight excluding hydrogens is 515 g/mol. The molecule has 1 spiro atoms. The van der Waals surface area contributed by atoms with E-state index in [9.17, 15) is 4.79 Å². The van der Waals surface area contributed by atoms with Crippen molar-refractivity contribution in [2.45, 2.75) is 0 Å². The van der Waals surface area contributed by atoms with Gasteiger partial charge in [0.15, 0.2) is 0 Å². The standard InChI is InChI=1S/C26H26Cl2N6O3/c1-36-18-9-19(37-2)22(28)20(21(18)27)17-8-7-16(23(29)32-17)24(30)33-25(35)14-3-5-15(6-4-14)34-12-26(13-34)10-31-11-26/h3-9,31H,10-13H2,1-2H3,(H2,29,32)(H2,30,33,35). The van der Waals surface area contributed by atoms with Crippen molar-refractivity contribution in [2.75, 3.05) is 51.0 Å². The fourth-order valence-electron chi connectivity index (χ4n) is 4.64. The molecule has 2 aliphatic rings. The third-order valence-corrected chi connectivity index (χ3v) is 7.53. The molecule has 37 heavy (non-hydrogen) atoms. The lowest BCUT2D eigenvalue weighted by Gasteiger charge is -2.57. The van der Waals surface area contributed by atoms with E-state index in [0.717, 1.165) is 31.9 Å². The van der Waals surface area contributed by atoms with Crippen LogP contribution < -0.4 is 31.2 Å².